The molecular formula is C12H15F3N2OS. The maximum absolute atomic E-state index is 11.9. The lowest BCUT2D eigenvalue weighted by atomic mass is 10.1. The molecule has 0 saturated carbocycles. The number of aryl methyl sites for hydroxylation is 1. The minimum atomic E-state index is -4.30. The van der Waals surface area contributed by atoms with Crippen LogP contribution in [0.2, 0.25) is 0 Å². The van der Waals surface area contributed by atoms with Crippen LogP contribution in [-0.4, -0.2) is 30.9 Å². The first-order valence-electron chi connectivity index (χ1n) is 5.59. The number of halogens is 3. The van der Waals surface area contributed by atoms with Crippen molar-refractivity contribution >= 4 is 22.9 Å². The lowest BCUT2D eigenvalue weighted by Crippen LogP contribution is -2.21. The minimum Gasteiger partial charge on any atom is -0.389 e. The summed E-state index contributed by atoms with van der Waals surface area (Å²) in [7, 11) is 0. The van der Waals surface area contributed by atoms with Crippen molar-refractivity contribution in [2.24, 2.45) is 5.73 Å². The van der Waals surface area contributed by atoms with Gasteiger partial charge in [0, 0.05) is 17.8 Å². The third-order valence-corrected chi connectivity index (χ3v) is 2.57. The summed E-state index contributed by atoms with van der Waals surface area (Å²) in [6.45, 7) is 0.812. The first kappa shape index (κ1) is 15.7. The van der Waals surface area contributed by atoms with Crippen molar-refractivity contribution in [1.29, 1.82) is 0 Å². The second kappa shape index (κ2) is 6.72. The molecule has 1 rings (SSSR count). The minimum absolute atomic E-state index is 0.0510. The van der Waals surface area contributed by atoms with Gasteiger partial charge in [-0.25, -0.2) is 0 Å². The van der Waals surface area contributed by atoms with Crippen LogP contribution < -0.4 is 11.1 Å². The van der Waals surface area contributed by atoms with Gasteiger partial charge >= 0.3 is 6.18 Å². The Bertz CT molecular complexity index is 449. The average Bonchev–Trinajstić information content (AvgIpc) is 2.28. The predicted octanol–water partition coefficient (Wildman–Crippen LogP) is 2.62. The molecule has 0 fully saturated rings. The van der Waals surface area contributed by atoms with E-state index in [4.69, 9.17) is 18.0 Å². The monoisotopic (exact) mass is 292 g/mol. The molecular weight excluding hydrogens is 277 g/mol. The zero-order chi connectivity index (χ0) is 14.5. The molecule has 3 N–H and O–H groups in total. The van der Waals surface area contributed by atoms with Crippen molar-refractivity contribution in [3.05, 3.63) is 29.3 Å². The number of rotatable bonds is 6. The van der Waals surface area contributed by atoms with Crippen LogP contribution in [0.4, 0.5) is 18.9 Å². The van der Waals surface area contributed by atoms with Crippen LogP contribution in [0, 0.1) is 6.92 Å². The second-order valence-corrected chi connectivity index (χ2v) is 4.40. The number of ether oxygens (including phenoxy) is 1. The van der Waals surface area contributed by atoms with Gasteiger partial charge in [0.05, 0.1) is 6.61 Å². The zero-order valence-electron chi connectivity index (χ0n) is 10.4. The number of hydrogen-bond acceptors (Lipinski definition) is 3. The van der Waals surface area contributed by atoms with Crippen LogP contribution in [0.25, 0.3) is 0 Å². The maximum atomic E-state index is 11.9. The highest BCUT2D eigenvalue weighted by atomic mass is 32.1. The Hall–Kier alpha value is -1.34. The number of thiocarbonyl (C=S) groups is 1. The quantitative estimate of drug-likeness (QED) is 0.625. The summed E-state index contributed by atoms with van der Waals surface area (Å²) in [5.74, 6) is 0. The Kier molecular flexibility index (Phi) is 5.56. The molecule has 0 heterocycles. The van der Waals surface area contributed by atoms with Crippen molar-refractivity contribution in [2.75, 3.05) is 25.1 Å². The molecule has 106 valence electrons. The molecule has 0 aliphatic heterocycles. The number of alkyl halides is 3. The van der Waals surface area contributed by atoms with E-state index in [1.165, 1.54) is 0 Å². The molecule has 0 amide bonds. The molecule has 0 saturated heterocycles. The van der Waals surface area contributed by atoms with E-state index in [0.29, 0.717) is 5.56 Å². The zero-order valence-corrected chi connectivity index (χ0v) is 11.2. The highest BCUT2D eigenvalue weighted by Crippen LogP contribution is 2.20. The lowest BCUT2D eigenvalue weighted by molar-refractivity contribution is -0.172. The standard InChI is InChI=1S/C12H15F3N2OS/c1-8-3-2-4-9(11(16)19)10(8)17-5-6-18-7-12(13,14)15/h2-4,17H,5-7H2,1H3,(H2,16,19). The van der Waals surface area contributed by atoms with Gasteiger partial charge in [0.15, 0.2) is 0 Å². The predicted molar refractivity (Wildman–Crippen MR) is 72.4 cm³/mol. The molecule has 7 heteroatoms. The third-order valence-electron chi connectivity index (χ3n) is 2.35. The number of nitrogens with one attached hydrogen (secondary N) is 1. The van der Waals surface area contributed by atoms with Gasteiger partial charge in [-0.1, -0.05) is 24.4 Å². The Labute approximate surface area is 114 Å². The highest BCUT2D eigenvalue weighted by molar-refractivity contribution is 7.80. The van der Waals surface area contributed by atoms with Gasteiger partial charge in [-0.2, -0.15) is 13.2 Å². The number of hydrogen-bond donors (Lipinski definition) is 2. The van der Waals surface area contributed by atoms with Crippen molar-refractivity contribution in [1.82, 2.24) is 0 Å². The molecule has 0 atom stereocenters. The summed E-state index contributed by atoms with van der Waals surface area (Å²) < 4.78 is 40.1. The van der Waals surface area contributed by atoms with Crippen LogP contribution in [-0.2, 0) is 4.74 Å². The Morgan fingerprint density at radius 3 is 2.68 bits per heavy atom. The Balaban J connectivity index is 2.52. The molecule has 0 aliphatic rings. The van der Waals surface area contributed by atoms with E-state index in [9.17, 15) is 13.2 Å². The van der Waals surface area contributed by atoms with Gasteiger partial charge in [-0.05, 0) is 18.6 Å². The number of para-hydroxylation sites is 1. The normalized spacial score (nSPS) is 11.4. The van der Waals surface area contributed by atoms with Crippen molar-refractivity contribution < 1.29 is 17.9 Å². The summed E-state index contributed by atoms with van der Waals surface area (Å²) >= 11 is 4.92. The fourth-order valence-electron chi connectivity index (χ4n) is 1.54. The van der Waals surface area contributed by atoms with E-state index in [0.717, 1.165) is 11.3 Å². The topological polar surface area (TPSA) is 47.3 Å². The largest absolute Gasteiger partial charge is 0.411 e. The van der Waals surface area contributed by atoms with Crippen molar-refractivity contribution in [3.63, 3.8) is 0 Å². The summed E-state index contributed by atoms with van der Waals surface area (Å²) in [6, 6.07) is 5.43. The van der Waals surface area contributed by atoms with Gasteiger partial charge in [0.2, 0.25) is 0 Å². The van der Waals surface area contributed by atoms with Crippen LogP contribution in [0.1, 0.15) is 11.1 Å². The number of nitrogens with two attached hydrogens (primary N) is 1. The molecule has 1 aromatic carbocycles. The van der Waals surface area contributed by atoms with Gasteiger partial charge in [0.1, 0.15) is 11.6 Å². The Morgan fingerprint density at radius 2 is 2.11 bits per heavy atom. The van der Waals surface area contributed by atoms with Gasteiger partial charge in [0.25, 0.3) is 0 Å². The van der Waals surface area contributed by atoms with Crippen LogP contribution in [0.5, 0.6) is 0 Å². The molecule has 0 aliphatic carbocycles. The summed E-state index contributed by atoms with van der Waals surface area (Å²) in [5.41, 5.74) is 7.90. The van der Waals surface area contributed by atoms with E-state index in [1.807, 2.05) is 19.1 Å². The first-order chi connectivity index (χ1) is 8.81. The first-order valence-corrected chi connectivity index (χ1v) is 6.00. The number of benzene rings is 1. The van der Waals surface area contributed by atoms with E-state index < -0.39 is 12.8 Å². The molecule has 3 nitrogen and oxygen atoms in total. The van der Waals surface area contributed by atoms with Gasteiger partial charge in [-0.3, -0.25) is 0 Å². The molecule has 1 aromatic rings. The molecule has 0 radical (unpaired) electrons. The maximum Gasteiger partial charge on any atom is 0.411 e. The molecule has 0 bridgehead atoms. The van der Waals surface area contributed by atoms with Gasteiger partial charge in [-0.15, -0.1) is 0 Å². The lowest BCUT2D eigenvalue weighted by Gasteiger charge is -2.14. The molecule has 0 aromatic heterocycles. The van der Waals surface area contributed by atoms with E-state index in [1.54, 1.807) is 6.07 Å². The SMILES string of the molecule is Cc1cccc(C(N)=S)c1NCCOCC(F)(F)F. The summed E-state index contributed by atoms with van der Waals surface area (Å²) in [5, 5.41) is 2.99. The van der Waals surface area contributed by atoms with E-state index in [-0.39, 0.29) is 18.1 Å². The van der Waals surface area contributed by atoms with E-state index in [2.05, 4.69) is 10.1 Å². The fraction of sp³-hybridized carbons (Fsp3) is 0.417. The smallest absolute Gasteiger partial charge is 0.389 e. The summed E-state index contributed by atoms with van der Waals surface area (Å²) in [4.78, 5) is 0.238. The van der Waals surface area contributed by atoms with Gasteiger partial charge < -0.3 is 15.8 Å². The molecule has 0 unspecified atom stereocenters. The van der Waals surface area contributed by atoms with Crippen molar-refractivity contribution in [2.45, 2.75) is 13.1 Å². The highest BCUT2D eigenvalue weighted by Gasteiger charge is 2.27. The van der Waals surface area contributed by atoms with Crippen LogP contribution in [0.15, 0.2) is 18.2 Å². The Morgan fingerprint density at radius 1 is 1.42 bits per heavy atom. The summed E-state index contributed by atoms with van der Waals surface area (Å²) in [6.07, 6.45) is -4.30. The van der Waals surface area contributed by atoms with Crippen molar-refractivity contribution in [3.8, 4) is 0 Å². The molecule has 19 heavy (non-hydrogen) atoms. The molecule has 0 spiro atoms. The number of anilines is 1. The van der Waals surface area contributed by atoms with Crippen LogP contribution in [0.3, 0.4) is 0 Å². The fourth-order valence-corrected chi connectivity index (χ4v) is 1.71. The average molecular weight is 292 g/mol. The second-order valence-electron chi connectivity index (χ2n) is 3.96. The van der Waals surface area contributed by atoms with Crippen LogP contribution >= 0.6 is 12.2 Å². The third kappa shape index (κ3) is 5.44. The van der Waals surface area contributed by atoms with E-state index >= 15 is 0 Å².